The van der Waals surface area contributed by atoms with Gasteiger partial charge in [0.15, 0.2) is 17.1 Å². The van der Waals surface area contributed by atoms with E-state index in [1.165, 1.54) is 12.1 Å². The fourth-order valence-electron chi connectivity index (χ4n) is 3.66. The van der Waals surface area contributed by atoms with Crippen LogP contribution in [0.3, 0.4) is 0 Å². The maximum atomic E-state index is 13.3. The Bertz CT molecular complexity index is 1100. The zero-order chi connectivity index (χ0) is 17.7. The second kappa shape index (κ2) is 5.76. The van der Waals surface area contributed by atoms with E-state index in [1.807, 2.05) is 19.1 Å². The van der Waals surface area contributed by atoms with Crippen LogP contribution in [0.15, 0.2) is 34.9 Å². The molecule has 3 aromatic heterocycles. The molecule has 4 heterocycles. The van der Waals surface area contributed by atoms with Crippen molar-refractivity contribution in [3.05, 3.63) is 47.7 Å². The summed E-state index contributed by atoms with van der Waals surface area (Å²) in [6, 6.07) is 8.53. The lowest BCUT2D eigenvalue weighted by Crippen LogP contribution is -2.34. The molecule has 0 bridgehead atoms. The number of nitrogens with zero attached hydrogens (tertiary/aromatic N) is 6. The van der Waals surface area contributed by atoms with Crippen LogP contribution in [-0.4, -0.2) is 38.1 Å². The zero-order valence-electron chi connectivity index (χ0n) is 14.3. The lowest BCUT2D eigenvalue weighted by atomic mass is 9.91. The van der Waals surface area contributed by atoms with Crippen molar-refractivity contribution in [2.45, 2.75) is 25.7 Å². The van der Waals surface area contributed by atoms with Gasteiger partial charge >= 0.3 is 0 Å². The van der Waals surface area contributed by atoms with E-state index in [4.69, 9.17) is 4.52 Å². The van der Waals surface area contributed by atoms with Crippen molar-refractivity contribution in [1.29, 1.82) is 0 Å². The van der Waals surface area contributed by atoms with Gasteiger partial charge in [-0.1, -0.05) is 5.16 Å². The van der Waals surface area contributed by atoms with Gasteiger partial charge in [0.05, 0.1) is 5.69 Å². The maximum Gasteiger partial charge on any atom is 0.178 e. The number of anilines is 1. The van der Waals surface area contributed by atoms with Crippen molar-refractivity contribution in [3.63, 3.8) is 0 Å². The van der Waals surface area contributed by atoms with Gasteiger partial charge in [0.1, 0.15) is 11.6 Å². The predicted octanol–water partition coefficient (Wildman–Crippen LogP) is 3.10. The number of rotatable bonds is 2. The number of halogens is 1. The molecule has 0 aliphatic carbocycles. The van der Waals surface area contributed by atoms with Gasteiger partial charge in [0.25, 0.3) is 0 Å². The molecule has 0 saturated carbocycles. The summed E-state index contributed by atoms with van der Waals surface area (Å²) < 4.78 is 20.4. The van der Waals surface area contributed by atoms with E-state index in [2.05, 4.69) is 25.4 Å². The molecule has 0 N–H and O–H groups in total. The molecule has 132 valence electrons. The van der Waals surface area contributed by atoms with Gasteiger partial charge in [-0.3, -0.25) is 0 Å². The van der Waals surface area contributed by atoms with Crippen LogP contribution in [0.2, 0.25) is 0 Å². The number of hydrogen-bond donors (Lipinski definition) is 0. The van der Waals surface area contributed by atoms with Crippen LogP contribution in [0.4, 0.5) is 10.2 Å². The number of piperidine rings is 1. The van der Waals surface area contributed by atoms with E-state index in [1.54, 1.807) is 10.6 Å². The van der Waals surface area contributed by atoms with Crippen molar-refractivity contribution < 1.29 is 8.91 Å². The number of aryl methyl sites for hydroxylation is 1. The molecule has 0 atom stereocenters. The first kappa shape index (κ1) is 15.2. The minimum absolute atomic E-state index is 0.304. The molecule has 4 aromatic rings. The van der Waals surface area contributed by atoms with Crippen LogP contribution in [0.25, 0.3) is 16.6 Å². The molecule has 7 nitrogen and oxygen atoms in total. The van der Waals surface area contributed by atoms with Gasteiger partial charge in [-0.25, -0.2) is 4.39 Å². The molecule has 5 rings (SSSR count). The van der Waals surface area contributed by atoms with E-state index in [0.29, 0.717) is 11.5 Å². The molecule has 0 amide bonds. The number of fused-ring (bicyclic) bond motifs is 2. The predicted molar refractivity (Wildman–Crippen MR) is 93.7 cm³/mol. The standard InChI is InChI=1S/C18H17FN6O/c1-11-20-21-16-4-5-17(22-25(11)16)24-8-6-12(7-9-24)18-14-3-2-13(19)10-15(14)26-23-18/h2-5,10,12H,6-9H2,1H3. The van der Waals surface area contributed by atoms with Crippen LogP contribution in [0, 0.1) is 12.7 Å². The summed E-state index contributed by atoms with van der Waals surface area (Å²) in [5.41, 5.74) is 2.19. The van der Waals surface area contributed by atoms with Crippen LogP contribution >= 0.6 is 0 Å². The average Bonchev–Trinajstić information content (AvgIpc) is 3.25. The van der Waals surface area contributed by atoms with Gasteiger partial charge in [-0.2, -0.15) is 4.52 Å². The fraction of sp³-hybridized carbons (Fsp3) is 0.333. The third kappa shape index (κ3) is 2.40. The second-order valence-electron chi connectivity index (χ2n) is 6.68. The quantitative estimate of drug-likeness (QED) is 0.552. The van der Waals surface area contributed by atoms with Gasteiger partial charge in [-0.15, -0.1) is 15.3 Å². The smallest absolute Gasteiger partial charge is 0.178 e. The summed E-state index contributed by atoms with van der Waals surface area (Å²) >= 11 is 0. The minimum Gasteiger partial charge on any atom is -0.356 e. The summed E-state index contributed by atoms with van der Waals surface area (Å²) in [6.07, 6.45) is 1.89. The largest absolute Gasteiger partial charge is 0.356 e. The topological polar surface area (TPSA) is 72.3 Å². The van der Waals surface area contributed by atoms with Crippen molar-refractivity contribution in [1.82, 2.24) is 25.0 Å². The van der Waals surface area contributed by atoms with Crippen molar-refractivity contribution >= 4 is 22.4 Å². The molecule has 26 heavy (non-hydrogen) atoms. The summed E-state index contributed by atoms with van der Waals surface area (Å²) in [6.45, 7) is 3.64. The Morgan fingerprint density at radius 2 is 1.96 bits per heavy atom. The van der Waals surface area contributed by atoms with Crippen LogP contribution in [-0.2, 0) is 0 Å². The summed E-state index contributed by atoms with van der Waals surface area (Å²) in [4.78, 5) is 2.26. The lowest BCUT2D eigenvalue weighted by molar-refractivity contribution is 0.415. The molecular weight excluding hydrogens is 335 g/mol. The zero-order valence-corrected chi connectivity index (χ0v) is 14.3. The van der Waals surface area contributed by atoms with Gasteiger partial charge < -0.3 is 9.42 Å². The first-order chi connectivity index (χ1) is 12.7. The highest BCUT2D eigenvalue weighted by molar-refractivity contribution is 5.80. The third-order valence-corrected chi connectivity index (χ3v) is 5.07. The molecule has 1 aliphatic rings. The number of benzene rings is 1. The number of aromatic nitrogens is 5. The first-order valence-electron chi connectivity index (χ1n) is 8.68. The molecule has 0 radical (unpaired) electrons. The Morgan fingerprint density at radius 1 is 1.12 bits per heavy atom. The van der Waals surface area contributed by atoms with Crippen molar-refractivity contribution in [3.8, 4) is 0 Å². The van der Waals surface area contributed by atoms with Gasteiger partial charge in [0, 0.05) is 30.5 Å². The Balaban J connectivity index is 1.37. The Morgan fingerprint density at radius 3 is 2.81 bits per heavy atom. The van der Waals surface area contributed by atoms with E-state index >= 15 is 0 Å². The third-order valence-electron chi connectivity index (χ3n) is 5.07. The SMILES string of the molecule is Cc1nnc2ccc(N3CCC(c4noc5cc(F)ccc45)CC3)nn12. The summed E-state index contributed by atoms with van der Waals surface area (Å²) in [5, 5.41) is 17.9. The monoisotopic (exact) mass is 352 g/mol. The van der Waals surface area contributed by atoms with Crippen LogP contribution < -0.4 is 4.90 Å². The molecule has 0 spiro atoms. The molecule has 1 saturated heterocycles. The highest BCUT2D eigenvalue weighted by Crippen LogP contribution is 2.33. The molecule has 1 aromatic carbocycles. The summed E-state index contributed by atoms with van der Waals surface area (Å²) in [5.74, 6) is 1.70. The minimum atomic E-state index is -0.305. The Labute approximate surface area is 148 Å². The van der Waals surface area contributed by atoms with E-state index in [-0.39, 0.29) is 5.82 Å². The molecule has 0 unspecified atom stereocenters. The Hall–Kier alpha value is -3.03. The van der Waals surface area contributed by atoms with Crippen LogP contribution in [0.5, 0.6) is 0 Å². The lowest BCUT2D eigenvalue weighted by Gasteiger charge is -2.31. The van der Waals surface area contributed by atoms with Gasteiger partial charge in [0.2, 0.25) is 0 Å². The molecular formula is C18H17FN6O. The highest BCUT2D eigenvalue weighted by atomic mass is 19.1. The van der Waals surface area contributed by atoms with Crippen molar-refractivity contribution in [2.24, 2.45) is 0 Å². The van der Waals surface area contributed by atoms with E-state index in [9.17, 15) is 4.39 Å². The maximum absolute atomic E-state index is 13.3. The van der Waals surface area contributed by atoms with Gasteiger partial charge in [-0.05, 0) is 44.0 Å². The molecule has 1 fully saturated rings. The Kier molecular flexibility index (Phi) is 3.37. The molecule has 8 heteroatoms. The van der Waals surface area contributed by atoms with Crippen LogP contribution in [0.1, 0.15) is 30.3 Å². The van der Waals surface area contributed by atoms with E-state index < -0.39 is 0 Å². The second-order valence-corrected chi connectivity index (χ2v) is 6.68. The first-order valence-corrected chi connectivity index (χ1v) is 8.68. The number of hydrogen-bond acceptors (Lipinski definition) is 6. The average molecular weight is 352 g/mol. The van der Waals surface area contributed by atoms with E-state index in [0.717, 1.165) is 54.3 Å². The summed E-state index contributed by atoms with van der Waals surface area (Å²) in [7, 11) is 0. The highest BCUT2D eigenvalue weighted by Gasteiger charge is 2.26. The molecule has 1 aliphatic heterocycles. The fourth-order valence-corrected chi connectivity index (χ4v) is 3.66. The normalized spacial score (nSPS) is 16.0. The van der Waals surface area contributed by atoms with Crippen molar-refractivity contribution in [2.75, 3.05) is 18.0 Å².